The third-order valence-electron chi connectivity index (χ3n) is 2.26. The van der Waals surface area contributed by atoms with E-state index in [1.807, 2.05) is 31.3 Å². The van der Waals surface area contributed by atoms with Crippen LogP contribution < -0.4 is 0 Å². The fourth-order valence-electron chi connectivity index (χ4n) is 1.43. The van der Waals surface area contributed by atoms with Gasteiger partial charge in [0.05, 0.1) is 24.3 Å². The number of nitrogens with zero attached hydrogens (tertiary/aromatic N) is 3. The molecule has 1 aromatic heterocycles. The average molecular weight is 256 g/mol. The highest BCUT2D eigenvalue weighted by molar-refractivity contribution is 6.31. The smallest absolute Gasteiger partial charge is 0.0974 e. The van der Waals surface area contributed by atoms with Gasteiger partial charge in [-0.3, -0.25) is 0 Å². The van der Waals surface area contributed by atoms with Gasteiger partial charge >= 0.3 is 0 Å². The zero-order valence-electron chi connectivity index (χ0n) is 8.82. The van der Waals surface area contributed by atoms with Crippen LogP contribution in [0.3, 0.4) is 0 Å². The zero-order chi connectivity index (χ0) is 11.5. The van der Waals surface area contributed by atoms with E-state index in [0.717, 1.165) is 21.8 Å². The van der Waals surface area contributed by atoms with Crippen LogP contribution in [0.15, 0.2) is 24.4 Å². The largest absolute Gasteiger partial charge is 0.248 e. The normalized spacial score (nSPS) is 10.7. The molecular formula is C11H11Cl2N3. The predicted octanol–water partition coefficient (Wildman–Crippen LogP) is 3.03. The van der Waals surface area contributed by atoms with E-state index in [0.29, 0.717) is 12.4 Å². The maximum absolute atomic E-state index is 6.13. The first-order chi connectivity index (χ1) is 7.69. The van der Waals surface area contributed by atoms with Gasteiger partial charge in [0.15, 0.2) is 0 Å². The standard InChI is InChI=1S/C11H11Cl2N3/c1-8-2-3-9(11(13)4-8)6-16-7-10(5-12)14-15-16/h2-4,7H,5-6H2,1H3. The SMILES string of the molecule is Cc1ccc(Cn2cc(CCl)nn2)c(Cl)c1. The van der Waals surface area contributed by atoms with Gasteiger partial charge in [-0.05, 0) is 24.1 Å². The van der Waals surface area contributed by atoms with E-state index in [4.69, 9.17) is 23.2 Å². The molecule has 1 aromatic carbocycles. The van der Waals surface area contributed by atoms with Crippen molar-refractivity contribution in [1.82, 2.24) is 15.0 Å². The Morgan fingerprint density at radius 2 is 2.19 bits per heavy atom. The van der Waals surface area contributed by atoms with Crippen LogP contribution in [0.2, 0.25) is 5.02 Å². The molecule has 0 N–H and O–H groups in total. The predicted molar refractivity (Wildman–Crippen MR) is 64.9 cm³/mol. The zero-order valence-corrected chi connectivity index (χ0v) is 10.3. The summed E-state index contributed by atoms with van der Waals surface area (Å²) in [6.07, 6.45) is 1.82. The summed E-state index contributed by atoms with van der Waals surface area (Å²) in [5.41, 5.74) is 2.94. The summed E-state index contributed by atoms with van der Waals surface area (Å²) in [4.78, 5) is 0. The monoisotopic (exact) mass is 255 g/mol. The van der Waals surface area contributed by atoms with Crippen LogP contribution in [-0.2, 0) is 12.4 Å². The summed E-state index contributed by atoms with van der Waals surface area (Å²) in [7, 11) is 0. The van der Waals surface area contributed by atoms with Gasteiger partial charge in [0.25, 0.3) is 0 Å². The molecule has 1 heterocycles. The fraction of sp³-hybridized carbons (Fsp3) is 0.273. The van der Waals surface area contributed by atoms with E-state index < -0.39 is 0 Å². The first-order valence-electron chi connectivity index (χ1n) is 4.89. The maximum atomic E-state index is 6.13. The van der Waals surface area contributed by atoms with E-state index >= 15 is 0 Å². The molecule has 0 spiro atoms. The number of aryl methyl sites for hydroxylation is 1. The van der Waals surface area contributed by atoms with Crippen LogP contribution in [0.25, 0.3) is 0 Å². The van der Waals surface area contributed by atoms with Crippen molar-refractivity contribution in [2.24, 2.45) is 0 Å². The van der Waals surface area contributed by atoms with E-state index in [2.05, 4.69) is 10.3 Å². The van der Waals surface area contributed by atoms with Crippen LogP contribution in [0, 0.1) is 6.92 Å². The van der Waals surface area contributed by atoms with Crippen LogP contribution >= 0.6 is 23.2 Å². The molecule has 0 aliphatic rings. The Bertz CT molecular complexity index is 494. The molecule has 0 saturated carbocycles. The Morgan fingerprint density at radius 1 is 1.38 bits per heavy atom. The number of hydrogen-bond acceptors (Lipinski definition) is 2. The highest BCUT2D eigenvalue weighted by Gasteiger charge is 2.04. The van der Waals surface area contributed by atoms with E-state index in [-0.39, 0.29) is 0 Å². The van der Waals surface area contributed by atoms with Crippen molar-refractivity contribution in [1.29, 1.82) is 0 Å². The molecule has 0 aliphatic heterocycles. The lowest BCUT2D eigenvalue weighted by Crippen LogP contribution is -2.01. The fourth-order valence-corrected chi connectivity index (χ4v) is 1.85. The van der Waals surface area contributed by atoms with Crippen LogP contribution in [-0.4, -0.2) is 15.0 Å². The minimum atomic E-state index is 0.377. The highest BCUT2D eigenvalue weighted by atomic mass is 35.5. The number of alkyl halides is 1. The minimum absolute atomic E-state index is 0.377. The first-order valence-corrected chi connectivity index (χ1v) is 5.80. The molecule has 0 radical (unpaired) electrons. The lowest BCUT2D eigenvalue weighted by molar-refractivity contribution is 0.649. The summed E-state index contributed by atoms with van der Waals surface area (Å²) >= 11 is 11.8. The van der Waals surface area contributed by atoms with Gasteiger partial charge in [0.2, 0.25) is 0 Å². The first kappa shape index (κ1) is 11.4. The van der Waals surface area contributed by atoms with Gasteiger partial charge < -0.3 is 0 Å². The summed E-state index contributed by atoms with van der Waals surface area (Å²) in [5.74, 6) is 0.377. The molecule has 0 unspecified atom stereocenters. The van der Waals surface area contributed by atoms with Gasteiger partial charge in [-0.25, -0.2) is 4.68 Å². The van der Waals surface area contributed by atoms with Crippen LogP contribution in [0.1, 0.15) is 16.8 Å². The van der Waals surface area contributed by atoms with Crippen molar-refractivity contribution in [3.05, 3.63) is 46.2 Å². The second-order valence-corrected chi connectivity index (χ2v) is 4.31. The quantitative estimate of drug-likeness (QED) is 0.790. The number of rotatable bonds is 3. The van der Waals surface area contributed by atoms with Crippen LogP contribution in [0.4, 0.5) is 0 Å². The summed E-state index contributed by atoms with van der Waals surface area (Å²) < 4.78 is 1.73. The van der Waals surface area contributed by atoms with Crippen molar-refractivity contribution in [3.63, 3.8) is 0 Å². The Labute approximate surface area is 104 Å². The third-order valence-corrected chi connectivity index (χ3v) is 2.89. The van der Waals surface area contributed by atoms with Crippen molar-refractivity contribution in [3.8, 4) is 0 Å². The lowest BCUT2D eigenvalue weighted by atomic mass is 10.1. The Morgan fingerprint density at radius 3 is 2.81 bits per heavy atom. The van der Waals surface area contributed by atoms with Crippen molar-refractivity contribution in [2.45, 2.75) is 19.3 Å². The van der Waals surface area contributed by atoms with Gasteiger partial charge in [-0.2, -0.15) is 0 Å². The van der Waals surface area contributed by atoms with E-state index in [1.54, 1.807) is 4.68 Å². The lowest BCUT2D eigenvalue weighted by Gasteiger charge is -2.04. The topological polar surface area (TPSA) is 30.7 Å². The molecule has 3 nitrogen and oxygen atoms in total. The molecule has 0 saturated heterocycles. The molecule has 84 valence electrons. The molecule has 0 bridgehead atoms. The highest BCUT2D eigenvalue weighted by Crippen LogP contribution is 2.18. The average Bonchev–Trinajstić information content (AvgIpc) is 2.70. The molecule has 16 heavy (non-hydrogen) atoms. The molecule has 0 aliphatic carbocycles. The number of aromatic nitrogens is 3. The number of hydrogen-bond donors (Lipinski definition) is 0. The second-order valence-electron chi connectivity index (χ2n) is 3.64. The molecule has 5 heteroatoms. The summed E-state index contributed by atoms with van der Waals surface area (Å²) in [6, 6.07) is 5.97. The molecule has 2 rings (SSSR count). The maximum Gasteiger partial charge on any atom is 0.0974 e. The number of halogens is 2. The van der Waals surface area contributed by atoms with E-state index in [1.165, 1.54) is 0 Å². The van der Waals surface area contributed by atoms with E-state index in [9.17, 15) is 0 Å². The molecule has 0 amide bonds. The van der Waals surface area contributed by atoms with Crippen molar-refractivity contribution >= 4 is 23.2 Å². The van der Waals surface area contributed by atoms with Gasteiger partial charge in [-0.1, -0.05) is 28.9 Å². The van der Waals surface area contributed by atoms with Crippen molar-refractivity contribution < 1.29 is 0 Å². The van der Waals surface area contributed by atoms with Crippen LogP contribution in [0.5, 0.6) is 0 Å². The molecule has 0 atom stereocenters. The molecular weight excluding hydrogens is 245 g/mol. The van der Waals surface area contributed by atoms with Gasteiger partial charge in [0, 0.05) is 5.02 Å². The Kier molecular flexibility index (Phi) is 3.46. The second kappa shape index (κ2) is 4.85. The van der Waals surface area contributed by atoms with Gasteiger partial charge in [0.1, 0.15) is 0 Å². The Hall–Kier alpha value is -1.06. The third kappa shape index (κ3) is 2.54. The summed E-state index contributed by atoms with van der Waals surface area (Å²) in [6.45, 7) is 2.62. The summed E-state index contributed by atoms with van der Waals surface area (Å²) in [5, 5.41) is 8.64. The molecule has 0 fully saturated rings. The minimum Gasteiger partial charge on any atom is -0.248 e. The number of benzene rings is 1. The van der Waals surface area contributed by atoms with Crippen molar-refractivity contribution in [2.75, 3.05) is 0 Å². The van der Waals surface area contributed by atoms with Gasteiger partial charge in [-0.15, -0.1) is 16.7 Å². The Balaban J connectivity index is 2.20. The molecule has 2 aromatic rings.